The Morgan fingerprint density at radius 3 is 2.17 bits per heavy atom. The van der Waals surface area contributed by atoms with E-state index in [-0.39, 0.29) is 46.3 Å². The number of carboxylic acid groups (broad SMARTS) is 1. The van der Waals surface area contributed by atoms with Gasteiger partial charge in [-0.3, -0.25) is 0 Å². The third kappa shape index (κ3) is 4.08. The van der Waals surface area contributed by atoms with Gasteiger partial charge in [-0.05, 0) is 53.9 Å². The quantitative estimate of drug-likeness (QED) is 0.493. The second-order valence-corrected chi connectivity index (χ2v) is 6.50. The summed E-state index contributed by atoms with van der Waals surface area (Å²) in [6.45, 7) is 1.62. The van der Waals surface area contributed by atoms with E-state index in [1.807, 2.05) is 12.1 Å². The molecule has 0 saturated heterocycles. The van der Waals surface area contributed by atoms with Crippen LogP contribution in [-0.2, 0) is 0 Å². The molecule has 0 atom stereocenters. The van der Waals surface area contributed by atoms with Crippen molar-refractivity contribution in [1.29, 1.82) is 0 Å². The molecule has 138 valence electrons. The van der Waals surface area contributed by atoms with E-state index in [4.69, 9.17) is 0 Å². The SMILES string of the molecule is Cc1c(-c2ccc(-c3cccc(F)c3)cc2)nc2ccc(F)cc2c1C(=O)[O-].[Na+]. The smallest absolute Gasteiger partial charge is 0.545 e. The predicted octanol–water partition coefficient (Wildman–Crippen LogP) is 1.52. The van der Waals surface area contributed by atoms with Crippen molar-refractivity contribution in [3.8, 4) is 22.4 Å². The Kier molecular flexibility index (Phi) is 6.13. The summed E-state index contributed by atoms with van der Waals surface area (Å²) >= 11 is 0. The second-order valence-electron chi connectivity index (χ2n) is 6.50. The molecule has 0 amide bonds. The number of carboxylic acids is 1. The van der Waals surface area contributed by atoms with Crippen molar-refractivity contribution < 1.29 is 48.2 Å². The predicted molar refractivity (Wildman–Crippen MR) is 102 cm³/mol. The monoisotopic (exact) mass is 397 g/mol. The number of aromatic carboxylic acids is 1. The number of carbonyl (C=O) groups is 1. The molecule has 6 heteroatoms. The largest absolute Gasteiger partial charge is 1.00 e. The van der Waals surface area contributed by atoms with Crippen LogP contribution in [0.25, 0.3) is 33.3 Å². The Morgan fingerprint density at radius 1 is 0.862 bits per heavy atom. The molecule has 0 bridgehead atoms. The average molecular weight is 397 g/mol. The molecule has 0 unspecified atom stereocenters. The van der Waals surface area contributed by atoms with Crippen LogP contribution in [0.2, 0.25) is 0 Å². The van der Waals surface area contributed by atoms with Gasteiger partial charge in [0.05, 0.1) is 17.2 Å². The maximum Gasteiger partial charge on any atom is 1.00 e. The van der Waals surface area contributed by atoms with Crippen molar-refractivity contribution in [3.63, 3.8) is 0 Å². The molecule has 4 aromatic rings. The van der Waals surface area contributed by atoms with E-state index in [1.165, 1.54) is 24.3 Å². The zero-order chi connectivity index (χ0) is 19.8. The van der Waals surface area contributed by atoms with Crippen molar-refractivity contribution >= 4 is 16.9 Å². The molecule has 0 aliphatic rings. The van der Waals surface area contributed by atoms with Gasteiger partial charge in [0.25, 0.3) is 0 Å². The van der Waals surface area contributed by atoms with E-state index in [1.54, 1.807) is 31.2 Å². The van der Waals surface area contributed by atoms with E-state index in [9.17, 15) is 18.7 Å². The number of fused-ring (bicyclic) bond motifs is 1. The molecule has 3 aromatic carbocycles. The van der Waals surface area contributed by atoms with Gasteiger partial charge in [-0.2, -0.15) is 0 Å². The molecule has 1 heterocycles. The van der Waals surface area contributed by atoms with Gasteiger partial charge in [0, 0.05) is 16.5 Å². The third-order valence-electron chi connectivity index (χ3n) is 4.71. The zero-order valence-electron chi connectivity index (χ0n) is 15.9. The first kappa shape index (κ1) is 21.1. The molecule has 1 aromatic heterocycles. The topological polar surface area (TPSA) is 53.0 Å². The number of carbonyl (C=O) groups excluding carboxylic acids is 1. The summed E-state index contributed by atoms with van der Waals surface area (Å²) in [5.41, 5.74) is 3.43. The summed E-state index contributed by atoms with van der Waals surface area (Å²) < 4.78 is 27.1. The zero-order valence-corrected chi connectivity index (χ0v) is 17.9. The van der Waals surface area contributed by atoms with Gasteiger partial charge in [0.1, 0.15) is 11.6 Å². The van der Waals surface area contributed by atoms with Crippen molar-refractivity contribution in [2.45, 2.75) is 6.92 Å². The third-order valence-corrected chi connectivity index (χ3v) is 4.71. The van der Waals surface area contributed by atoms with Crippen molar-refractivity contribution in [3.05, 3.63) is 89.5 Å². The van der Waals surface area contributed by atoms with Crippen LogP contribution in [0.15, 0.2) is 66.7 Å². The maximum absolute atomic E-state index is 13.6. The summed E-state index contributed by atoms with van der Waals surface area (Å²) in [6, 6.07) is 17.3. The number of hydrogen-bond donors (Lipinski definition) is 0. The molecule has 29 heavy (non-hydrogen) atoms. The minimum Gasteiger partial charge on any atom is -0.545 e. The fourth-order valence-corrected chi connectivity index (χ4v) is 3.36. The van der Waals surface area contributed by atoms with Crippen LogP contribution in [0, 0.1) is 18.6 Å². The molecule has 0 fully saturated rings. The average Bonchev–Trinajstić information content (AvgIpc) is 2.67. The number of hydrogen-bond acceptors (Lipinski definition) is 3. The standard InChI is InChI=1S/C23H15F2NO2.Na/c1-13-21(23(27)28)19-12-18(25)9-10-20(19)26-22(13)15-7-5-14(6-8-15)16-3-2-4-17(24)11-16;/h2-12H,1H3,(H,27,28);/q;+1/p-1. The normalized spacial score (nSPS) is 10.6. The van der Waals surface area contributed by atoms with E-state index < -0.39 is 11.8 Å². The van der Waals surface area contributed by atoms with Gasteiger partial charge >= 0.3 is 29.6 Å². The van der Waals surface area contributed by atoms with Gasteiger partial charge < -0.3 is 9.90 Å². The van der Waals surface area contributed by atoms with Gasteiger partial charge in [-0.1, -0.05) is 36.4 Å². The van der Waals surface area contributed by atoms with Crippen LogP contribution in [0.4, 0.5) is 8.78 Å². The van der Waals surface area contributed by atoms with E-state index >= 15 is 0 Å². The Labute approximate surface area is 188 Å². The molecule has 0 aliphatic carbocycles. The molecule has 0 radical (unpaired) electrons. The number of halogens is 2. The molecule has 4 rings (SSSR count). The summed E-state index contributed by atoms with van der Waals surface area (Å²) in [7, 11) is 0. The molecule has 3 nitrogen and oxygen atoms in total. The molecule has 0 spiro atoms. The van der Waals surface area contributed by atoms with Crippen LogP contribution in [0.1, 0.15) is 15.9 Å². The molecule has 0 N–H and O–H groups in total. The molecular weight excluding hydrogens is 383 g/mol. The van der Waals surface area contributed by atoms with E-state index in [0.717, 1.165) is 17.2 Å². The first-order chi connectivity index (χ1) is 13.4. The van der Waals surface area contributed by atoms with Gasteiger partial charge in [0.15, 0.2) is 0 Å². The fraction of sp³-hybridized carbons (Fsp3) is 0.0435. The van der Waals surface area contributed by atoms with E-state index in [2.05, 4.69) is 4.98 Å². The summed E-state index contributed by atoms with van der Waals surface area (Å²) in [5.74, 6) is -2.24. The van der Waals surface area contributed by atoms with Crippen LogP contribution in [0.5, 0.6) is 0 Å². The fourth-order valence-electron chi connectivity index (χ4n) is 3.36. The minimum absolute atomic E-state index is 0. The summed E-state index contributed by atoms with van der Waals surface area (Å²) in [6.07, 6.45) is 0. The maximum atomic E-state index is 13.6. The van der Waals surface area contributed by atoms with Crippen LogP contribution in [0.3, 0.4) is 0 Å². The number of aromatic nitrogens is 1. The molecular formula is C23H14F2NNaO2. The van der Waals surface area contributed by atoms with Crippen LogP contribution >= 0.6 is 0 Å². The number of nitrogens with zero attached hydrogens (tertiary/aromatic N) is 1. The van der Waals surface area contributed by atoms with Crippen molar-refractivity contribution in [1.82, 2.24) is 4.98 Å². The number of rotatable bonds is 3. The van der Waals surface area contributed by atoms with Crippen molar-refractivity contribution in [2.24, 2.45) is 0 Å². The Balaban J connectivity index is 0.00000240. The van der Waals surface area contributed by atoms with Crippen LogP contribution in [-0.4, -0.2) is 11.0 Å². The first-order valence-corrected chi connectivity index (χ1v) is 8.61. The molecule has 0 saturated carbocycles. The van der Waals surface area contributed by atoms with Gasteiger partial charge in [-0.15, -0.1) is 0 Å². The van der Waals surface area contributed by atoms with Crippen molar-refractivity contribution in [2.75, 3.05) is 0 Å². The Hall–Kier alpha value is -2.60. The second kappa shape index (κ2) is 8.41. The van der Waals surface area contributed by atoms with Crippen LogP contribution < -0.4 is 34.7 Å². The minimum atomic E-state index is -1.38. The first-order valence-electron chi connectivity index (χ1n) is 8.61. The summed E-state index contributed by atoms with van der Waals surface area (Å²) in [5, 5.41) is 11.9. The van der Waals surface area contributed by atoms with E-state index in [0.29, 0.717) is 22.3 Å². The Bertz CT molecular complexity index is 1220. The Morgan fingerprint density at radius 2 is 1.52 bits per heavy atom. The number of pyridine rings is 1. The van der Waals surface area contributed by atoms with Gasteiger partial charge in [0.2, 0.25) is 0 Å². The number of benzene rings is 3. The summed E-state index contributed by atoms with van der Waals surface area (Å²) in [4.78, 5) is 16.2. The van der Waals surface area contributed by atoms with Gasteiger partial charge in [-0.25, -0.2) is 13.8 Å². The molecule has 0 aliphatic heterocycles.